The first-order chi connectivity index (χ1) is 9.88. The molecule has 116 valence electrons. The van der Waals surface area contributed by atoms with Crippen LogP contribution < -0.4 is 0 Å². The van der Waals surface area contributed by atoms with Gasteiger partial charge in [-0.05, 0) is 44.8 Å². The molecular formula is C17H24O4. The second-order valence-corrected chi connectivity index (χ2v) is 6.19. The van der Waals surface area contributed by atoms with Gasteiger partial charge in [-0.2, -0.15) is 0 Å². The number of esters is 2. The first kappa shape index (κ1) is 15.8. The lowest BCUT2D eigenvalue weighted by Crippen LogP contribution is -2.28. The van der Waals surface area contributed by atoms with E-state index in [1.165, 1.54) is 12.5 Å². The maximum atomic E-state index is 11.9. The number of fused-ring (bicyclic) bond motifs is 1. The molecule has 0 aromatic heterocycles. The van der Waals surface area contributed by atoms with Crippen molar-refractivity contribution in [3.8, 4) is 0 Å². The molecule has 0 aromatic carbocycles. The topological polar surface area (TPSA) is 52.6 Å². The molecule has 0 N–H and O–H groups in total. The lowest BCUT2D eigenvalue weighted by Gasteiger charge is -2.25. The van der Waals surface area contributed by atoms with Crippen LogP contribution in [-0.4, -0.2) is 24.1 Å². The van der Waals surface area contributed by atoms with Gasteiger partial charge in [-0.25, -0.2) is 0 Å². The maximum absolute atomic E-state index is 11.9. The Morgan fingerprint density at radius 2 is 2.10 bits per heavy atom. The van der Waals surface area contributed by atoms with E-state index in [1.54, 1.807) is 0 Å². The van der Waals surface area contributed by atoms with Gasteiger partial charge < -0.3 is 9.47 Å². The summed E-state index contributed by atoms with van der Waals surface area (Å²) >= 11 is 0. The summed E-state index contributed by atoms with van der Waals surface area (Å²) in [6, 6.07) is 0. The van der Waals surface area contributed by atoms with Crippen molar-refractivity contribution in [1.29, 1.82) is 0 Å². The lowest BCUT2D eigenvalue weighted by atomic mass is 9.83. The smallest absolute Gasteiger partial charge is 0.309 e. The first-order valence-electron chi connectivity index (χ1n) is 7.60. The van der Waals surface area contributed by atoms with Gasteiger partial charge in [0.05, 0.1) is 5.92 Å². The number of ether oxygens (including phenoxy) is 2. The molecular weight excluding hydrogens is 268 g/mol. The molecule has 1 fully saturated rings. The van der Waals surface area contributed by atoms with Crippen LogP contribution in [-0.2, 0) is 19.1 Å². The predicted molar refractivity (Wildman–Crippen MR) is 79.5 cm³/mol. The van der Waals surface area contributed by atoms with Crippen molar-refractivity contribution in [3.63, 3.8) is 0 Å². The zero-order chi connectivity index (χ0) is 15.6. The van der Waals surface area contributed by atoms with Gasteiger partial charge in [0, 0.05) is 12.8 Å². The number of rotatable bonds is 1. The highest BCUT2D eigenvalue weighted by atomic mass is 16.6. The summed E-state index contributed by atoms with van der Waals surface area (Å²) in [4.78, 5) is 23.2. The van der Waals surface area contributed by atoms with Crippen molar-refractivity contribution in [2.24, 2.45) is 11.8 Å². The van der Waals surface area contributed by atoms with Crippen LogP contribution in [0.25, 0.3) is 0 Å². The van der Waals surface area contributed by atoms with Gasteiger partial charge in [0.15, 0.2) is 0 Å². The summed E-state index contributed by atoms with van der Waals surface area (Å²) in [7, 11) is 0. The Balaban J connectivity index is 2.29. The molecule has 0 amide bonds. The highest BCUT2D eigenvalue weighted by Crippen LogP contribution is 2.36. The Morgan fingerprint density at radius 1 is 1.38 bits per heavy atom. The van der Waals surface area contributed by atoms with Crippen molar-refractivity contribution >= 4 is 11.9 Å². The Hall–Kier alpha value is -1.58. The molecule has 4 atom stereocenters. The molecule has 0 saturated carbocycles. The Morgan fingerprint density at radius 3 is 2.76 bits per heavy atom. The summed E-state index contributed by atoms with van der Waals surface area (Å²) in [5, 5.41) is 0. The van der Waals surface area contributed by atoms with E-state index in [2.05, 4.69) is 19.1 Å². The van der Waals surface area contributed by atoms with Crippen molar-refractivity contribution in [2.75, 3.05) is 0 Å². The van der Waals surface area contributed by atoms with Crippen molar-refractivity contribution < 1.29 is 19.1 Å². The lowest BCUT2D eigenvalue weighted by molar-refractivity contribution is -0.145. The van der Waals surface area contributed by atoms with Crippen LogP contribution in [0.2, 0.25) is 0 Å². The van der Waals surface area contributed by atoms with E-state index in [0.717, 1.165) is 18.4 Å². The van der Waals surface area contributed by atoms with Gasteiger partial charge in [-0.1, -0.05) is 18.6 Å². The van der Waals surface area contributed by atoms with Gasteiger partial charge in [0.1, 0.15) is 12.2 Å². The first-order valence-corrected chi connectivity index (χ1v) is 7.60. The Kier molecular flexibility index (Phi) is 4.86. The average molecular weight is 292 g/mol. The monoisotopic (exact) mass is 292 g/mol. The number of allylic oxidation sites excluding steroid dienone is 2. The Bertz CT molecular complexity index is 489. The number of hydrogen-bond acceptors (Lipinski definition) is 4. The van der Waals surface area contributed by atoms with Crippen LogP contribution >= 0.6 is 0 Å². The van der Waals surface area contributed by atoms with E-state index in [-0.39, 0.29) is 36.0 Å². The summed E-state index contributed by atoms with van der Waals surface area (Å²) in [6.07, 6.45) is 6.20. The minimum atomic E-state index is -0.286. The normalized spacial score (nSPS) is 33.4. The maximum Gasteiger partial charge on any atom is 0.309 e. The fourth-order valence-corrected chi connectivity index (χ4v) is 3.08. The molecule has 21 heavy (non-hydrogen) atoms. The summed E-state index contributed by atoms with van der Waals surface area (Å²) in [5.41, 5.74) is 2.30. The number of carbonyl (C=O) groups is 2. The fraction of sp³-hybridized carbons (Fsp3) is 0.647. The predicted octanol–water partition coefficient (Wildman–Crippen LogP) is 3.17. The second kappa shape index (κ2) is 6.46. The standard InChI is InChI=1S/C17H24O4/c1-10-6-5-7-11(2)15(20-13(4)18)9-14-12(3)17(19)21-16(14)8-10/h7-8,12,14-16H,5-6,9H2,1-4H3/t12-,14-,15-,16+/m0/s1. The highest BCUT2D eigenvalue weighted by molar-refractivity contribution is 5.75. The van der Waals surface area contributed by atoms with E-state index >= 15 is 0 Å². The van der Waals surface area contributed by atoms with Crippen LogP contribution in [0.15, 0.2) is 23.3 Å². The third-order valence-corrected chi connectivity index (χ3v) is 4.44. The molecule has 1 aliphatic heterocycles. The minimum absolute atomic E-state index is 0.0539. The molecule has 1 heterocycles. The molecule has 2 rings (SSSR count). The number of hydrogen-bond donors (Lipinski definition) is 0. The van der Waals surface area contributed by atoms with Crippen molar-refractivity contribution in [2.45, 2.75) is 59.2 Å². The third kappa shape index (κ3) is 3.74. The van der Waals surface area contributed by atoms with Crippen molar-refractivity contribution in [3.05, 3.63) is 23.3 Å². The highest BCUT2D eigenvalue weighted by Gasteiger charge is 2.42. The molecule has 0 spiro atoms. The zero-order valence-electron chi connectivity index (χ0n) is 13.2. The van der Waals surface area contributed by atoms with Crippen LogP contribution in [0.4, 0.5) is 0 Å². The van der Waals surface area contributed by atoms with Gasteiger partial charge in [0.2, 0.25) is 0 Å². The van der Waals surface area contributed by atoms with Crippen LogP contribution in [0.3, 0.4) is 0 Å². The SMILES string of the molecule is CC(=O)O[C@H]1C[C@H]2[C@H](C)C(=O)O[C@@H]2C=C(C)CCC=C1C. The van der Waals surface area contributed by atoms with Crippen LogP contribution in [0, 0.1) is 11.8 Å². The van der Waals surface area contributed by atoms with Gasteiger partial charge in [-0.3, -0.25) is 9.59 Å². The van der Waals surface area contributed by atoms with E-state index in [0.29, 0.717) is 6.42 Å². The molecule has 0 radical (unpaired) electrons. The second-order valence-electron chi connectivity index (χ2n) is 6.19. The number of carbonyl (C=O) groups excluding carboxylic acids is 2. The van der Waals surface area contributed by atoms with Crippen molar-refractivity contribution in [1.82, 2.24) is 0 Å². The van der Waals surface area contributed by atoms with E-state index < -0.39 is 0 Å². The van der Waals surface area contributed by atoms with Gasteiger partial charge in [0.25, 0.3) is 0 Å². The quantitative estimate of drug-likeness (QED) is 0.550. The largest absolute Gasteiger partial charge is 0.458 e. The molecule has 1 saturated heterocycles. The summed E-state index contributed by atoms with van der Waals surface area (Å²) in [6.45, 7) is 7.38. The molecule has 4 heteroatoms. The van der Waals surface area contributed by atoms with Gasteiger partial charge >= 0.3 is 11.9 Å². The van der Waals surface area contributed by atoms with E-state index in [4.69, 9.17) is 9.47 Å². The van der Waals surface area contributed by atoms with E-state index in [1.807, 2.05) is 13.8 Å². The third-order valence-electron chi connectivity index (χ3n) is 4.44. The van der Waals surface area contributed by atoms with Gasteiger partial charge in [-0.15, -0.1) is 0 Å². The molecule has 4 nitrogen and oxygen atoms in total. The van der Waals surface area contributed by atoms with Crippen LogP contribution in [0.1, 0.15) is 47.0 Å². The average Bonchev–Trinajstić information content (AvgIpc) is 2.64. The zero-order valence-corrected chi connectivity index (χ0v) is 13.2. The van der Waals surface area contributed by atoms with E-state index in [9.17, 15) is 9.59 Å². The summed E-state index contributed by atoms with van der Waals surface area (Å²) < 4.78 is 11.0. The Labute approximate surface area is 126 Å². The molecule has 0 unspecified atom stereocenters. The molecule has 0 bridgehead atoms. The minimum Gasteiger partial charge on any atom is -0.458 e. The van der Waals surface area contributed by atoms with Crippen LogP contribution in [0.5, 0.6) is 0 Å². The molecule has 1 aliphatic carbocycles. The molecule has 0 aromatic rings. The summed E-state index contributed by atoms with van der Waals surface area (Å²) in [5.74, 6) is -0.551. The molecule has 2 aliphatic rings. The fourth-order valence-electron chi connectivity index (χ4n) is 3.08.